The Morgan fingerprint density at radius 1 is 1.10 bits per heavy atom. The molecule has 0 radical (unpaired) electrons. The number of piperazine rings is 1. The molecule has 13 heteroatoms. The summed E-state index contributed by atoms with van der Waals surface area (Å²) in [4.78, 5) is 61.8. The first-order valence-electron chi connectivity index (χ1n) is 12.5. The molecule has 1 atom stereocenters. The summed E-state index contributed by atoms with van der Waals surface area (Å²) >= 11 is 0. The van der Waals surface area contributed by atoms with Crippen LogP contribution < -0.4 is 10.1 Å². The van der Waals surface area contributed by atoms with Crippen molar-refractivity contribution in [3.05, 3.63) is 54.2 Å². The van der Waals surface area contributed by atoms with Gasteiger partial charge in [0.1, 0.15) is 24.0 Å². The van der Waals surface area contributed by atoms with Gasteiger partial charge in [0.2, 0.25) is 5.91 Å². The Hall–Kier alpha value is -4.68. The number of nitrogens with one attached hydrogen (secondary N) is 1. The molecule has 0 spiro atoms. The second kappa shape index (κ2) is 12.2. The van der Waals surface area contributed by atoms with Crippen LogP contribution in [0.4, 0.5) is 4.79 Å². The molecule has 3 heterocycles. The highest BCUT2D eigenvalue weighted by molar-refractivity contribution is 5.99. The number of nitrogens with zero attached hydrogens (tertiary/aromatic N) is 5. The van der Waals surface area contributed by atoms with Gasteiger partial charge in [-0.05, 0) is 19.1 Å². The van der Waals surface area contributed by atoms with Crippen LogP contribution in [-0.2, 0) is 27.3 Å². The van der Waals surface area contributed by atoms with E-state index in [1.165, 1.54) is 35.2 Å². The van der Waals surface area contributed by atoms with Crippen LogP contribution in [0.1, 0.15) is 23.1 Å². The van der Waals surface area contributed by atoms with Crippen LogP contribution in [0.3, 0.4) is 0 Å². The quantitative estimate of drug-likeness (QED) is 0.408. The van der Waals surface area contributed by atoms with E-state index in [0.717, 1.165) is 5.39 Å². The molecule has 1 unspecified atom stereocenters. The highest BCUT2D eigenvalue weighted by atomic mass is 16.6. The summed E-state index contributed by atoms with van der Waals surface area (Å²) in [7, 11) is 1.50. The number of para-hydroxylation sites is 1. The van der Waals surface area contributed by atoms with Gasteiger partial charge in [0.25, 0.3) is 5.91 Å². The van der Waals surface area contributed by atoms with Gasteiger partial charge >= 0.3 is 12.1 Å². The molecule has 1 saturated heterocycles. The third-order valence-electron chi connectivity index (χ3n) is 6.27. The fourth-order valence-corrected chi connectivity index (χ4v) is 4.37. The van der Waals surface area contributed by atoms with Crippen molar-refractivity contribution in [2.75, 3.05) is 39.9 Å². The predicted octanol–water partition coefficient (Wildman–Crippen LogP) is 1.17. The molecule has 1 aliphatic heterocycles. The number of pyridine rings is 1. The average molecular weight is 539 g/mol. The molecule has 1 aliphatic rings. The topological polar surface area (TPSA) is 156 Å². The second-order valence-corrected chi connectivity index (χ2v) is 8.90. The number of aromatic nitrogens is 3. The summed E-state index contributed by atoms with van der Waals surface area (Å²) in [5, 5.41) is 12.6. The maximum atomic E-state index is 13.6. The van der Waals surface area contributed by atoms with Gasteiger partial charge in [-0.25, -0.2) is 14.8 Å². The number of benzene rings is 1. The Balaban J connectivity index is 1.55. The first kappa shape index (κ1) is 27.4. The van der Waals surface area contributed by atoms with Gasteiger partial charge in [-0.2, -0.15) is 0 Å². The summed E-state index contributed by atoms with van der Waals surface area (Å²) in [6, 6.07) is 7.73. The summed E-state index contributed by atoms with van der Waals surface area (Å²) in [5.74, 6) is -1.49. The molecule has 2 aromatic heterocycles. The number of amides is 3. The van der Waals surface area contributed by atoms with E-state index in [4.69, 9.17) is 14.6 Å². The van der Waals surface area contributed by atoms with Gasteiger partial charge in [-0.1, -0.05) is 12.1 Å². The van der Waals surface area contributed by atoms with E-state index in [1.807, 2.05) is 12.1 Å². The fraction of sp³-hybridized carbons (Fsp3) is 0.385. The van der Waals surface area contributed by atoms with Crippen LogP contribution in [0, 0.1) is 0 Å². The Morgan fingerprint density at radius 3 is 2.51 bits per heavy atom. The normalized spacial score (nSPS) is 14.1. The monoisotopic (exact) mass is 538 g/mol. The Kier molecular flexibility index (Phi) is 8.59. The molecule has 3 aromatic rings. The molecular weight excluding hydrogens is 508 g/mol. The van der Waals surface area contributed by atoms with E-state index in [-0.39, 0.29) is 44.3 Å². The van der Waals surface area contributed by atoms with Gasteiger partial charge in [0.15, 0.2) is 0 Å². The van der Waals surface area contributed by atoms with Crippen molar-refractivity contribution in [2.24, 2.45) is 0 Å². The Morgan fingerprint density at radius 2 is 1.82 bits per heavy atom. The maximum Gasteiger partial charge on any atom is 0.409 e. The standard InChI is InChI=1S/C26H30N6O7/c1-3-39-26(37)32-10-8-31(9-11-32)25(36)21(12-17-14-30(16-27-17)15-23(33)34)29-24(35)20-13-22(38-2)18-6-4-5-7-19(18)28-20/h4-7,13-14,16,21H,3,8-12,15H2,1-2H3,(H,29,35)(H,33,34). The molecule has 39 heavy (non-hydrogen) atoms. The molecule has 2 N–H and O–H groups in total. The summed E-state index contributed by atoms with van der Waals surface area (Å²) < 4.78 is 11.9. The van der Waals surface area contributed by atoms with Crippen molar-refractivity contribution in [1.82, 2.24) is 29.7 Å². The Bertz CT molecular complexity index is 1370. The summed E-state index contributed by atoms with van der Waals surface area (Å²) in [6.45, 7) is 2.81. The van der Waals surface area contributed by atoms with Gasteiger partial charge in [-0.3, -0.25) is 14.4 Å². The number of carbonyl (C=O) groups excluding carboxylic acids is 3. The number of imidazole rings is 1. The molecule has 13 nitrogen and oxygen atoms in total. The molecule has 206 valence electrons. The number of hydrogen-bond acceptors (Lipinski definition) is 8. The minimum atomic E-state index is -1.03. The largest absolute Gasteiger partial charge is 0.496 e. The van der Waals surface area contributed by atoms with Crippen LogP contribution >= 0.6 is 0 Å². The number of hydrogen-bond donors (Lipinski definition) is 2. The number of carbonyl (C=O) groups is 4. The molecule has 4 rings (SSSR count). The predicted molar refractivity (Wildman–Crippen MR) is 138 cm³/mol. The summed E-state index contributed by atoms with van der Waals surface area (Å²) in [5.41, 5.74) is 1.07. The smallest absolute Gasteiger partial charge is 0.409 e. The zero-order valence-corrected chi connectivity index (χ0v) is 21.7. The van der Waals surface area contributed by atoms with Crippen LogP contribution in [-0.4, -0.2) is 99.3 Å². The highest BCUT2D eigenvalue weighted by Gasteiger charge is 2.31. The molecule has 0 aliphatic carbocycles. The molecule has 1 fully saturated rings. The Labute approximate surface area is 224 Å². The molecule has 0 bridgehead atoms. The lowest BCUT2D eigenvalue weighted by Crippen LogP contribution is -2.56. The van der Waals surface area contributed by atoms with Gasteiger partial charge < -0.3 is 34.3 Å². The maximum absolute atomic E-state index is 13.6. The number of carboxylic acid groups (broad SMARTS) is 1. The van der Waals surface area contributed by atoms with E-state index in [0.29, 0.717) is 30.0 Å². The number of ether oxygens (including phenoxy) is 2. The number of aliphatic carboxylic acids is 1. The lowest BCUT2D eigenvalue weighted by atomic mass is 10.1. The van der Waals surface area contributed by atoms with E-state index >= 15 is 0 Å². The van der Waals surface area contributed by atoms with Crippen LogP contribution in [0.5, 0.6) is 5.75 Å². The van der Waals surface area contributed by atoms with Crippen molar-refractivity contribution in [3.8, 4) is 5.75 Å². The second-order valence-electron chi connectivity index (χ2n) is 8.90. The van der Waals surface area contributed by atoms with Crippen LogP contribution in [0.15, 0.2) is 42.9 Å². The van der Waals surface area contributed by atoms with Crippen molar-refractivity contribution in [1.29, 1.82) is 0 Å². The highest BCUT2D eigenvalue weighted by Crippen LogP contribution is 2.25. The van der Waals surface area contributed by atoms with Crippen molar-refractivity contribution >= 4 is 34.8 Å². The van der Waals surface area contributed by atoms with Crippen LogP contribution in [0.25, 0.3) is 10.9 Å². The van der Waals surface area contributed by atoms with Crippen LogP contribution in [0.2, 0.25) is 0 Å². The van der Waals surface area contributed by atoms with Crippen molar-refractivity contribution < 1.29 is 33.8 Å². The van der Waals surface area contributed by atoms with E-state index in [9.17, 15) is 19.2 Å². The first-order valence-corrected chi connectivity index (χ1v) is 12.5. The van der Waals surface area contributed by atoms with E-state index in [1.54, 1.807) is 24.0 Å². The third kappa shape index (κ3) is 6.61. The number of methoxy groups -OCH3 is 1. The zero-order chi connectivity index (χ0) is 27.9. The third-order valence-corrected chi connectivity index (χ3v) is 6.27. The van der Waals surface area contributed by atoms with Gasteiger partial charge in [-0.15, -0.1) is 0 Å². The summed E-state index contributed by atoms with van der Waals surface area (Å²) in [6.07, 6.45) is 2.48. The van der Waals surface area contributed by atoms with E-state index < -0.39 is 24.0 Å². The fourth-order valence-electron chi connectivity index (χ4n) is 4.37. The van der Waals surface area contributed by atoms with Gasteiger partial charge in [0, 0.05) is 50.2 Å². The number of carboxylic acids is 1. The number of fused-ring (bicyclic) bond motifs is 1. The number of rotatable bonds is 9. The molecule has 3 amide bonds. The van der Waals surface area contributed by atoms with E-state index in [2.05, 4.69) is 15.3 Å². The lowest BCUT2D eigenvalue weighted by molar-refractivity contribution is -0.137. The first-order chi connectivity index (χ1) is 18.8. The van der Waals surface area contributed by atoms with Crippen molar-refractivity contribution in [3.63, 3.8) is 0 Å². The minimum Gasteiger partial charge on any atom is -0.496 e. The zero-order valence-electron chi connectivity index (χ0n) is 21.7. The molecular formula is C26H30N6O7. The minimum absolute atomic E-state index is 0.0278. The SMILES string of the molecule is CCOC(=O)N1CCN(C(=O)C(Cc2cn(CC(=O)O)cn2)NC(=O)c2cc(OC)c3ccccc3n2)CC1. The molecule has 1 aromatic carbocycles. The average Bonchev–Trinajstić information content (AvgIpc) is 3.37. The lowest BCUT2D eigenvalue weighted by Gasteiger charge is -2.35. The molecule has 0 saturated carbocycles. The van der Waals surface area contributed by atoms with Gasteiger partial charge in [0.05, 0.1) is 31.3 Å². The van der Waals surface area contributed by atoms with Crippen molar-refractivity contribution in [2.45, 2.75) is 25.9 Å².